The Morgan fingerprint density at radius 1 is 1.37 bits per heavy atom. The van der Waals surface area contributed by atoms with Crippen LogP contribution < -0.4 is 0 Å². The van der Waals surface area contributed by atoms with Gasteiger partial charge in [0.15, 0.2) is 4.77 Å². The van der Waals surface area contributed by atoms with Gasteiger partial charge in [0.05, 0.1) is 11.0 Å². The third-order valence-corrected chi connectivity index (χ3v) is 4.14. The van der Waals surface area contributed by atoms with Crippen molar-refractivity contribution in [1.82, 2.24) is 14.5 Å². The van der Waals surface area contributed by atoms with Gasteiger partial charge in [-0.05, 0) is 63.3 Å². The summed E-state index contributed by atoms with van der Waals surface area (Å²) in [7, 11) is 0. The Balaban J connectivity index is 1.96. The van der Waals surface area contributed by atoms with Crippen LogP contribution in [0, 0.1) is 10.6 Å². The van der Waals surface area contributed by atoms with E-state index in [4.69, 9.17) is 12.2 Å². The summed E-state index contributed by atoms with van der Waals surface area (Å²) in [6.45, 7) is 5.44. The number of nitrogens with zero attached hydrogens (tertiary/aromatic N) is 2. The maximum atomic E-state index is 13.4. The summed E-state index contributed by atoms with van der Waals surface area (Å²) >= 11 is 5.38. The Bertz CT molecular complexity index is 640. The van der Waals surface area contributed by atoms with E-state index < -0.39 is 0 Å². The number of likely N-dealkylation sites (tertiary alicyclic amines) is 1. The molecule has 2 aromatic rings. The molecule has 1 aromatic carbocycles. The fraction of sp³-hybridized carbons (Fsp3) is 0.500. The Kier molecular flexibility index (Phi) is 3.41. The van der Waals surface area contributed by atoms with Crippen LogP contribution in [0.25, 0.3) is 11.0 Å². The van der Waals surface area contributed by atoms with Gasteiger partial charge in [-0.25, -0.2) is 4.39 Å². The molecule has 0 bridgehead atoms. The van der Waals surface area contributed by atoms with Crippen LogP contribution >= 0.6 is 12.2 Å². The van der Waals surface area contributed by atoms with Crippen LogP contribution in [0.15, 0.2) is 18.2 Å². The average molecular weight is 279 g/mol. The van der Waals surface area contributed by atoms with Gasteiger partial charge in [0.1, 0.15) is 5.82 Å². The molecule has 1 N–H and O–H groups in total. The van der Waals surface area contributed by atoms with Gasteiger partial charge in [-0.1, -0.05) is 0 Å². The highest BCUT2D eigenvalue weighted by molar-refractivity contribution is 7.71. The van der Waals surface area contributed by atoms with Crippen LogP contribution in [0.5, 0.6) is 0 Å². The first-order valence-corrected chi connectivity index (χ1v) is 7.18. The third kappa shape index (κ3) is 2.44. The third-order valence-electron chi connectivity index (χ3n) is 3.84. The number of hydrogen-bond acceptors (Lipinski definition) is 2. The van der Waals surface area contributed by atoms with Crippen LogP contribution in [0.1, 0.15) is 25.8 Å². The summed E-state index contributed by atoms with van der Waals surface area (Å²) in [6.07, 6.45) is 2.56. The average Bonchev–Trinajstić information content (AvgIpc) is 2.95. The summed E-state index contributed by atoms with van der Waals surface area (Å²) < 4.78 is 16.1. The number of fused-ring (bicyclic) bond motifs is 1. The lowest BCUT2D eigenvalue weighted by Crippen LogP contribution is -2.27. The summed E-state index contributed by atoms with van der Waals surface area (Å²) in [5, 5.41) is 0. The number of nitrogens with one attached hydrogen (secondary N) is 1. The maximum Gasteiger partial charge on any atom is 0.178 e. The van der Waals surface area contributed by atoms with E-state index in [0.717, 1.165) is 30.7 Å². The smallest absolute Gasteiger partial charge is 0.178 e. The number of hydrogen-bond donors (Lipinski definition) is 1. The SMILES string of the molecule is CC(CN1CCCC1)n1c(=S)[nH]c2ccc(F)cc21. The molecule has 0 radical (unpaired) electrons. The van der Waals surface area contributed by atoms with Crippen LogP contribution in [-0.2, 0) is 0 Å². The molecule has 102 valence electrons. The second-order valence-electron chi connectivity index (χ2n) is 5.32. The monoisotopic (exact) mass is 279 g/mol. The Morgan fingerprint density at radius 3 is 2.84 bits per heavy atom. The van der Waals surface area contributed by atoms with E-state index in [-0.39, 0.29) is 11.9 Å². The van der Waals surface area contributed by atoms with Gasteiger partial charge in [0, 0.05) is 12.6 Å². The Hall–Kier alpha value is -1.20. The fourth-order valence-electron chi connectivity index (χ4n) is 2.95. The van der Waals surface area contributed by atoms with Crippen LogP contribution in [0.2, 0.25) is 0 Å². The van der Waals surface area contributed by atoms with E-state index in [0.29, 0.717) is 4.77 Å². The highest BCUT2D eigenvalue weighted by Crippen LogP contribution is 2.22. The molecule has 1 saturated heterocycles. The second-order valence-corrected chi connectivity index (χ2v) is 5.71. The van der Waals surface area contributed by atoms with E-state index in [1.807, 2.05) is 4.57 Å². The predicted molar refractivity (Wildman–Crippen MR) is 77.5 cm³/mol. The molecule has 5 heteroatoms. The highest BCUT2D eigenvalue weighted by atomic mass is 32.1. The van der Waals surface area contributed by atoms with E-state index in [9.17, 15) is 4.39 Å². The number of aromatic nitrogens is 2. The lowest BCUT2D eigenvalue weighted by molar-refractivity contribution is 0.289. The summed E-state index contributed by atoms with van der Waals surface area (Å²) in [5.41, 5.74) is 1.76. The van der Waals surface area contributed by atoms with E-state index in [1.54, 1.807) is 12.1 Å². The normalized spacial score (nSPS) is 18.2. The molecule has 2 heterocycles. The lowest BCUT2D eigenvalue weighted by Gasteiger charge is -2.21. The Morgan fingerprint density at radius 2 is 2.11 bits per heavy atom. The van der Waals surface area contributed by atoms with Crippen LogP contribution in [-0.4, -0.2) is 34.1 Å². The summed E-state index contributed by atoms with van der Waals surface area (Å²) in [5.74, 6) is -0.219. The molecule has 0 aliphatic carbocycles. The molecule has 1 unspecified atom stereocenters. The first-order chi connectivity index (χ1) is 9.15. The van der Waals surface area contributed by atoms with Gasteiger partial charge in [-0.3, -0.25) is 0 Å². The Labute approximate surface area is 117 Å². The molecule has 0 spiro atoms. The largest absolute Gasteiger partial charge is 0.331 e. The van der Waals surface area contributed by atoms with Gasteiger partial charge in [0.25, 0.3) is 0 Å². The minimum Gasteiger partial charge on any atom is -0.331 e. The first-order valence-electron chi connectivity index (χ1n) is 6.77. The number of halogens is 1. The van der Waals surface area contributed by atoms with Crippen LogP contribution in [0.3, 0.4) is 0 Å². The number of benzene rings is 1. The van der Waals surface area contributed by atoms with Crippen molar-refractivity contribution in [1.29, 1.82) is 0 Å². The van der Waals surface area contributed by atoms with Gasteiger partial charge in [-0.2, -0.15) is 0 Å². The zero-order valence-corrected chi connectivity index (χ0v) is 11.8. The van der Waals surface area contributed by atoms with Crippen molar-refractivity contribution in [2.75, 3.05) is 19.6 Å². The molecular weight excluding hydrogens is 261 g/mol. The molecule has 3 rings (SSSR count). The molecule has 0 saturated carbocycles. The second kappa shape index (κ2) is 5.06. The standard InChI is InChI=1S/C14H18FN3S/c1-10(9-17-6-2-3-7-17)18-13-8-11(15)4-5-12(13)16-14(18)19/h4-5,8,10H,2-3,6-7,9H2,1H3,(H,16,19). The minimum absolute atomic E-state index is 0.219. The molecule has 19 heavy (non-hydrogen) atoms. The maximum absolute atomic E-state index is 13.4. The molecule has 1 aromatic heterocycles. The molecule has 0 amide bonds. The van der Waals surface area contributed by atoms with Crippen molar-refractivity contribution < 1.29 is 4.39 Å². The van der Waals surface area contributed by atoms with Gasteiger partial charge < -0.3 is 14.5 Å². The van der Waals surface area contributed by atoms with Crippen molar-refractivity contribution in [2.45, 2.75) is 25.8 Å². The van der Waals surface area contributed by atoms with Crippen molar-refractivity contribution in [2.24, 2.45) is 0 Å². The lowest BCUT2D eigenvalue weighted by atomic mass is 10.2. The number of rotatable bonds is 3. The van der Waals surface area contributed by atoms with Gasteiger partial charge >= 0.3 is 0 Å². The zero-order chi connectivity index (χ0) is 13.4. The number of imidazole rings is 1. The summed E-state index contributed by atoms with van der Waals surface area (Å²) in [4.78, 5) is 5.60. The van der Waals surface area contributed by atoms with Crippen LogP contribution in [0.4, 0.5) is 4.39 Å². The highest BCUT2D eigenvalue weighted by Gasteiger charge is 2.18. The predicted octanol–water partition coefficient (Wildman–Crippen LogP) is 3.49. The van der Waals surface area contributed by atoms with Gasteiger partial charge in [0.2, 0.25) is 0 Å². The molecule has 1 atom stereocenters. The van der Waals surface area contributed by atoms with Crippen molar-refractivity contribution >= 4 is 23.3 Å². The van der Waals surface area contributed by atoms with Gasteiger partial charge in [-0.15, -0.1) is 0 Å². The molecule has 1 fully saturated rings. The molecular formula is C14H18FN3S. The minimum atomic E-state index is -0.219. The summed E-state index contributed by atoms with van der Waals surface area (Å²) in [6, 6.07) is 5.02. The van der Waals surface area contributed by atoms with Crippen molar-refractivity contribution in [3.8, 4) is 0 Å². The van der Waals surface area contributed by atoms with E-state index in [1.165, 1.54) is 18.9 Å². The zero-order valence-electron chi connectivity index (χ0n) is 11.0. The molecule has 1 aliphatic heterocycles. The number of aromatic amines is 1. The molecule has 3 nitrogen and oxygen atoms in total. The van der Waals surface area contributed by atoms with Crippen molar-refractivity contribution in [3.63, 3.8) is 0 Å². The number of H-pyrrole nitrogens is 1. The van der Waals surface area contributed by atoms with E-state index >= 15 is 0 Å². The van der Waals surface area contributed by atoms with Crippen molar-refractivity contribution in [3.05, 3.63) is 28.8 Å². The quantitative estimate of drug-likeness (QED) is 0.870. The topological polar surface area (TPSA) is 24.0 Å². The first kappa shape index (κ1) is 12.8. The van der Waals surface area contributed by atoms with E-state index in [2.05, 4.69) is 16.8 Å². The fourth-order valence-corrected chi connectivity index (χ4v) is 3.34. The molecule has 1 aliphatic rings.